The molecular weight excluding hydrogens is 383 g/mol. The Morgan fingerprint density at radius 3 is 2.27 bits per heavy atom. The summed E-state index contributed by atoms with van der Waals surface area (Å²) >= 11 is 2.33. The number of hydrogen-bond acceptors (Lipinski definition) is 1. The van der Waals surface area contributed by atoms with Gasteiger partial charge in [0.05, 0.1) is 6.61 Å². The molecule has 0 aliphatic carbocycles. The summed E-state index contributed by atoms with van der Waals surface area (Å²) in [6.45, 7) is 3.07. The zero-order chi connectivity index (χ0) is 15.6. The molecular formula is C20H25IO. The molecule has 0 saturated heterocycles. The number of ether oxygens (including phenoxy) is 1. The van der Waals surface area contributed by atoms with Crippen LogP contribution >= 0.6 is 22.6 Å². The molecule has 2 aromatic carbocycles. The van der Waals surface area contributed by atoms with Crippen molar-refractivity contribution in [2.75, 3.05) is 6.61 Å². The van der Waals surface area contributed by atoms with Gasteiger partial charge >= 0.3 is 0 Å². The van der Waals surface area contributed by atoms with Crippen LogP contribution in [0.5, 0.6) is 5.75 Å². The van der Waals surface area contributed by atoms with E-state index in [1.807, 2.05) is 6.07 Å². The number of benzene rings is 2. The Morgan fingerprint density at radius 1 is 0.818 bits per heavy atom. The number of para-hydroxylation sites is 1. The molecule has 0 aliphatic heterocycles. The number of unbranched alkanes of at least 4 members (excludes halogenated alkanes) is 5. The lowest BCUT2D eigenvalue weighted by Crippen LogP contribution is -1.98. The summed E-state index contributed by atoms with van der Waals surface area (Å²) in [6.07, 6.45) is 7.76. The average Bonchev–Trinajstić information content (AvgIpc) is 2.55. The van der Waals surface area contributed by atoms with Crippen LogP contribution in [0, 0.1) is 3.57 Å². The van der Waals surface area contributed by atoms with E-state index in [2.05, 4.69) is 72.0 Å². The largest absolute Gasteiger partial charge is 0.493 e. The maximum absolute atomic E-state index is 6.03. The van der Waals surface area contributed by atoms with Gasteiger partial charge in [-0.2, -0.15) is 0 Å². The van der Waals surface area contributed by atoms with Crippen LogP contribution in [0.4, 0.5) is 0 Å². The first kappa shape index (κ1) is 17.3. The monoisotopic (exact) mass is 408 g/mol. The van der Waals surface area contributed by atoms with E-state index in [4.69, 9.17) is 4.74 Å². The zero-order valence-corrected chi connectivity index (χ0v) is 15.5. The SMILES string of the molecule is CCCCCCCCOc1ccccc1-c1ccc(I)cc1. The van der Waals surface area contributed by atoms with Crippen LogP contribution in [-0.2, 0) is 0 Å². The van der Waals surface area contributed by atoms with Crippen molar-refractivity contribution in [1.82, 2.24) is 0 Å². The van der Waals surface area contributed by atoms with Gasteiger partial charge in [-0.15, -0.1) is 0 Å². The van der Waals surface area contributed by atoms with Crippen molar-refractivity contribution >= 4 is 22.6 Å². The first-order valence-electron chi connectivity index (χ1n) is 8.29. The lowest BCUT2D eigenvalue weighted by Gasteiger charge is -2.11. The molecule has 0 fully saturated rings. The summed E-state index contributed by atoms with van der Waals surface area (Å²) in [5.74, 6) is 0.997. The fourth-order valence-corrected chi connectivity index (χ4v) is 2.88. The van der Waals surface area contributed by atoms with Gasteiger partial charge < -0.3 is 4.74 Å². The quantitative estimate of drug-likeness (QED) is 0.332. The number of hydrogen-bond donors (Lipinski definition) is 0. The predicted octanol–water partition coefficient (Wildman–Crippen LogP) is 6.70. The smallest absolute Gasteiger partial charge is 0.127 e. The molecule has 2 heteroatoms. The molecule has 0 atom stereocenters. The molecule has 0 aliphatic rings. The van der Waals surface area contributed by atoms with Crippen molar-refractivity contribution in [2.45, 2.75) is 45.4 Å². The molecule has 1 nitrogen and oxygen atoms in total. The summed E-state index contributed by atoms with van der Waals surface area (Å²) in [7, 11) is 0. The van der Waals surface area contributed by atoms with Crippen molar-refractivity contribution in [1.29, 1.82) is 0 Å². The van der Waals surface area contributed by atoms with E-state index in [9.17, 15) is 0 Å². The summed E-state index contributed by atoms with van der Waals surface area (Å²) in [4.78, 5) is 0. The molecule has 2 aromatic rings. The van der Waals surface area contributed by atoms with E-state index in [1.54, 1.807) is 0 Å². The lowest BCUT2D eigenvalue weighted by molar-refractivity contribution is 0.305. The molecule has 0 bridgehead atoms. The van der Waals surface area contributed by atoms with Gasteiger partial charge in [-0.3, -0.25) is 0 Å². The van der Waals surface area contributed by atoms with Gasteiger partial charge in [-0.25, -0.2) is 0 Å². The second-order valence-electron chi connectivity index (χ2n) is 5.62. The topological polar surface area (TPSA) is 9.23 Å². The fourth-order valence-electron chi connectivity index (χ4n) is 2.52. The molecule has 0 radical (unpaired) electrons. The van der Waals surface area contributed by atoms with Crippen molar-refractivity contribution in [3.63, 3.8) is 0 Å². The summed E-state index contributed by atoms with van der Waals surface area (Å²) < 4.78 is 7.28. The van der Waals surface area contributed by atoms with E-state index in [-0.39, 0.29) is 0 Å². The molecule has 0 unspecified atom stereocenters. The third-order valence-corrected chi connectivity index (χ3v) is 4.52. The highest BCUT2D eigenvalue weighted by Gasteiger charge is 2.05. The number of rotatable bonds is 9. The Bertz CT molecular complexity index is 548. The van der Waals surface area contributed by atoms with Crippen LogP contribution in [0.2, 0.25) is 0 Å². The lowest BCUT2D eigenvalue weighted by atomic mass is 10.0. The maximum atomic E-state index is 6.03. The molecule has 118 valence electrons. The van der Waals surface area contributed by atoms with E-state index >= 15 is 0 Å². The number of halogens is 1. The van der Waals surface area contributed by atoms with E-state index in [0.29, 0.717) is 0 Å². The highest BCUT2D eigenvalue weighted by atomic mass is 127. The first-order valence-corrected chi connectivity index (χ1v) is 9.37. The normalized spacial score (nSPS) is 10.6. The first-order chi connectivity index (χ1) is 10.8. The second-order valence-corrected chi connectivity index (χ2v) is 6.86. The third-order valence-electron chi connectivity index (χ3n) is 3.80. The minimum atomic E-state index is 0.813. The molecule has 0 amide bonds. The average molecular weight is 408 g/mol. The van der Waals surface area contributed by atoms with Crippen LogP contribution in [0.1, 0.15) is 45.4 Å². The van der Waals surface area contributed by atoms with Crippen LogP contribution in [-0.4, -0.2) is 6.61 Å². The van der Waals surface area contributed by atoms with Crippen molar-refractivity contribution < 1.29 is 4.74 Å². The Morgan fingerprint density at radius 2 is 1.50 bits per heavy atom. The molecule has 0 aromatic heterocycles. The Kier molecular flexibility index (Phi) is 7.78. The van der Waals surface area contributed by atoms with Crippen LogP contribution in [0.25, 0.3) is 11.1 Å². The minimum absolute atomic E-state index is 0.813. The van der Waals surface area contributed by atoms with E-state index < -0.39 is 0 Å². The highest BCUT2D eigenvalue weighted by Crippen LogP contribution is 2.30. The summed E-state index contributed by atoms with van der Waals surface area (Å²) in [5.41, 5.74) is 2.41. The molecule has 22 heavy (non-hydrogen) atoms. The second kappa shape index (κ2) is 9.88. The Labute approximate surface area is 148 Å². The van der Waals surface area contributed by atoms with Gasteiger partial charge in [-0.1, -0.05) is 69.4 Å². The van der Waals surface area contributed by atoms with Crippen molar-refractivity contribution in [3.05, 3.63) is 52.1 Å². The van der Waals surface area contributed by atoms with Crippen LogP contribution < -0.4 is 4.74 Å². The standard InChI is InChI=1S/C20H25IO/c1-2-3-4-5-6-9-16-22-20-11-8-7-10-19(20)17-12-14-18(21)15-13-17/h7-8,10-15H,2-6,9,16H2,1H3. The van der Waals surface area contributed by atoms with Crippen molar-refractivity contribution in [3.8, 4) is 16.9 Å². The highest BCUT2D eigenvalue weighted by molar-refractivity contribution is 14.1. The van der Waals surface area contributed by atoms with E-state index in [1.165, 1.54) is 46.8 Å². The molecule has 0 spiro atoms. The van der Waals surface area contributed by atoms with Crippen LogP contribution in [0.15, 0.2) is 48.5 Å². The van der Waals surface area contributed by atoms with Gasteiger partial charge in [0.15, 0.2) is 0 Å². The summed E-state index contributed by atoms with van der Waals surface area (Å²) in [6, 6.07) is 16.9. The summed E-state index contributed by atoms with van der Waals surface area (Å²) in [5, 5.41) is 0. The predicted molar refractivity (Wildman–Crippen MR) is 103 cm³/mol. The molecule has 2 rings (SSSR count). The molecule has 0 heterocycles. The van der Waals surface area contributed by atoms with Gasteiger partial charge in [-0.05, 0) is 52.8 Å². The molecule has 0 N–H and O–H groups in total. The third kappa shape index (κ3) is 5.64. The minimum Gasteiger partial charge on any atom is -0.493 e. The van der Waals surface area contributed by atoms with Gasteiger partial charge in [0, 0.05) is 9.13 Å². The van der Waals surface area contributed by atoms with Gasteiger partial charge in [0.25, 0.3) is 0 Å². The molecule has 0 saturated carbocycles. The van der Waals surface area contributed by atoms with Crippen LogP contribution in [0.3, 0.4) is 0 Å². The van der Waals surface area contributed by atoms with E-state index in [0.717, 1.165) is 18.8 Å². The van der Waals surface area contributed by atoms with Gasteiger partial charge in [0.1, 0.15) is 5.75 Å². The maximum Gasteiger partial charge on any atom is 0.127 e. The fraction of sp³-hybridized carbons (Fsp3) is 0.400. The Hall–Kier alpha value is -1.03. The van der Waals surface area contributed by atoms with Crippen molar-refractivity contribution in [2.24, 2.45) is 0 Å². The Balaban J connectivity index is 1.88. The van der Waals surface area contributed by atoms with Gasteiger partial charge in [0.2, 0.25) is 0 Å². The zero-order valence-electron chi connectivity index (χ0n) is 13.4.